The van der Waals surface area contributed by atoms with Gasteiger partial charge in [0.15, 0.2) is 0 Å². The molecule has 2 atom stereocenters. The summed E-state index contributed by atoms with van der Waals surface area (Å²) < 4.78 is 13.0. The highest BCUT2D eigenvalue weighted by molar-refractivity contribution is 7.16. The number of nitrogens with one attached hydrogen (secondary N) is 1. The topological polar surface area (TPSA) is 32.3 Å². The molecule has 3 heterocycles. The summed E-state index contributed by atoms with van der Waals surface area (Å²) in [6.07, 6.45) is 8.29. The molecule has 3 nitrogen and oxygen atoms in total. The van der Waals surface area contributed by atoms with Gasteiger partial charge in [0.25, 0.3) is 0 Å². The second-order valence-corrected chi connectivity index (χ2v) is 8.16. The van der Waals surface area contributed by atoms with Gasteiger partial charge in [-0.2, -0.15) is 0 Å². The lowest BCUT2D eigenvalue weighted by atomic mass is 9.99. The van der Waals surface area contributed by atoms with Crippen molar-refractivity contribution in [2.24, 2.45) is 0 Å². The summed E-state index contributed by atoms with van der Waals surface area (Å²) in [7, 11) is 0. The molecule has 2 aromatic rings. The van der Waals surface area contributed by atoms with Gasteiger partial charge in [0.1, 0.15) is 5.82 Å². The lowest BCUT2D eigenvalue weighted by molar-refractivity contribution is -0.117. The molecule has 0 saturated carbocycles. The number of amides is 1. The normalized spacial score (nSPS) is 23.3. The quantitative estimate of drug-likeness (QED) is 0.814. The highest BCUT2D eigenvalue weighted by Crippen LogP contribution is 2.29. The van der Waals surface area contributed by atoms with Crippen LogP contribution in [0, 0.1) is 5.82 Å². The Hall–Kier alpha value is -1.98. The molecule has 0 aliphatic carbocycles. The SMILES string of the molecule is O=C(/C=C/c1ccc(-c2ccc(F)cc2)s1)NC1CCN2CCCCC12. The van der Waals surface area contributed by atoms with Crippen LogP contribution in [-0.4, -0.2) is 36.0 Å². The smallest absolute Gasteiger partial charge is 0.244 e. The van der Waals surface area contributed by atoms with Crippen molar-refractivity contribution in [2.45, 2.75) is 37.8 Å². The van der Waals surface area contributed by atoms with E-state index in [9.17, 15) is 9.18 Å². The largest absolute Gasteiger partial charge is 0.348 e. The minimum absolute atomic E-state index is 0.0147. The van der Waals surface area contributed by atoms with E-state index in [0.717, 1.165) is 28.3 Å². The lowest BCUT2D eigenvalue weighted by Gasteiger charge is -2.32. The van der Waals surface area contributed by atoms with Gasteiger partial charge in [0.05, 0.1) is 0 Å². The van der Waals surface area contributed by atoms with Crippen LogP contribution in [0.2, 0.25) is 0 Å². The van der Waals surface area contributed by atoms with Crippen LogP contribution in [0.3, 0.4) is 0 Å². The fourth-order valence-corrected chi connectivity index (χ4v) is 4.93. The first kappa shape index (κ1) is 17.4. The van der Waals surface area contributed by atoms with E-state index in [1.165, 1.54) is 37.9 Å². The third kappa shape index (κ3) is 3.89. The van der Waals surface area contributed by atoms with E-state index in [4.69, 9.17) is 0 Å². The summed E-state index contributed by atoms with van der Waals surface area (Å²) in [5.74, 6) is -0.246. The van der Waals surface area contributed by atoms with Crippen LogP contribution in [0.25, 0.3) is 16.5 Å². The number of halogens is 1. The summed E-state index contributed by atoms with van der Waals surface area (Å²) in [5.41, 5.74) is 0.990. The Morgan fingerprint density at radius 3 is 2.81 bits per heavy atom. The molecular formula is C21H23FN2OS. The number of nitrogens with zero attached hydrogens (tertiary/aromatic N) is 1. The van der Waals surface area contributed by atoms with Gasteiger partial charge in [-0.1, -0.05) is 18.6 Å². The number of carbonyl (C=O) groups excluding carboxylic acids is 1. The number of piperidine rings is 1. The molecule has 0 spiro atoms. The summed E-state index contributed by atoms with van der Waals surface area (Å²) in [6, 6.07) is 11.3. The summed E-state index contributed by atoms with van der Waals surface area (Å²) in [5, 5.41) is 3.19. The highest BCUT2D eigenvalue weighted by atomic mass is 32.1. The van der Waals surface area contributed by atoms with Crippen LogP contribution in [-0.2, 0) is 4.79 Å². The molecule has 136 valence electrons. The van der Waals surface area contributed by atoms with Gasteiger partial charge in [-0.25, -0.2) is 4.39 Å². The minimum atomic E-state index is -0.231. The van der Waals surface area contributed by atoms with E-state index in [0.29, 0.717) is 6.04 Å². The van der Waals surface area contributed by atoms with E-state index < -0.39 is 0 Å². The maximum absolute atomic E-state index is 13.0. The van der Waals surface area contributed by atoms with Gasteiger partial charge >= 0.3 is 0 Å². The Labute approximate surface area is 157 Å². The number of fused-ring (bicyclic) bond motifs is 1. The van der Waals surface area contributed by atoms with Gasteiger partial charge < -0.3 is 5.32 Å². The van der Waals surface area contributed by atoms with Crippen LogP contribution in [0.15, 0.2) is 42.5 Å². The zero-order valence-corrected chi connectivity index (χ0v) is 15.5. The van der Waals surface area contributed by atoms with Crippen LogP contribution in [0.4, 0.5) is 4.39 Å². The van der Waals surface area contributed by atoms with Gasteiger partial charge in [-0.05, 0) is 61.7 Å². The number of rotatable bonds is 4. The lowest BCUT2D eigenvalue weighted by Crippen LogP contribution is -2.46. The van der Waals surface area contributed by atoms with E-state index >= 15 is 0 Å². The average Bonchev–Trinajstić information content (AvgIpc) is 3.28. The monoisotopic (exact) mass is 370 g/mol. The van der Waals surface area contributed by atoms with Gasteiger partial charge in [0, 0.05) is 34.5 Å². The van der Waals surface area contributed by atoms with Crippen LogP contribution < -0.4 is 5.32 Å². The summed E-state index contributed by atoms with van der Waals surface area (Å²) in [6.45, 7) is 2.28. The van der Waals surface area contributed by atoms with Crippen molar-refractivity contribution in [3.05, 3.63) is 53.2 Å². The minimum Gasteiger partial charge on any atom is -0.348 e. The van der Waals surface area contributed by atoms with Crippen LogP contribution in [0.1, 0.15) is 30.6 Å². The van der Waals surface area contributed by atoms with Crippen LogP contribution in [0.5, 0.6) is 0 Å². The van der Waals surface area contributed by atoms with Crippen molar-refractivity contribution in [1.29, 1.82) is 0 Å². The molecule has 0 bridgehead atoms. The first-order valence-electron chi connectivity index (χ1n) is 9.27. The predicted octanol–water partition coefficient (Wildman–Crippen LogP) is 4.31. The number of benzene rings is 1. The molecule has 4 rings (SSSR count). The number of thiophene rings is 1. The van der Waals surface area contributed by atoms with Crippen molar-refractivity contribution in [3.8, 4) is 10.4 Å². The highest BCUT2D eigenvalue weighted by Gasteiger charge is 2.35. The van der Waals surface area contributed by atoms with Gasteiger partial charge in [0.2, 0.25) is 5.91 Å². The van der Waals surface area contributed by atoms with Crippen molar-refractivity contribution in [2.75, 3.05) is 13.1 Å². The third-order valence-electron chi connectivity index (χ3n) is 5.34. The first-order valence-corrected chi connectivity index (χ1v) is 10.1. The summed E-state index contributed by atoms with van der Waals surface area (Å²) >= 11 is 1.60. The molecule has 1 aromatic heterocycles. The summed E-state index contributed by atoms with van der Waals surface area (Å²) in [4.78, 5) is 16.9. The Kier molecular flexibility index (Phi) is 5.18. The molecule has 2 unspecified atom stereocenters. The van der Waals surface area contributed by atoms with Gasteiger partial charge in [-0.15, -0.1) is 11.3 Å². The zero-order chi connectivity index (χ0) is 17.9. The maximum atomic E-state index is 13.0. The van der Waals surface area contributed by atoms with E-state index in [1.807, 2.05) is 18.2 Å². The van der Waals surface area contributed by atoms with E-state index in [1.54, 1.807) is 29.5 Å². The van der Waals surface area contributed by atoms with Crippen molar-refractivity contribution in [1.82, 2.24) is 10.2 Å². The Morgan fingerprint density at radius 1 is 1.12 bits per heavy atom. The molecule has 5 heteroatoms. The molecule has 1 aromatic carbocycles. The number of hydrogen-bond donors (Lipinski definition) is 1. The number of carbonyl (C=O) groups is 1. The Morgan fingerprint density at radius 2 is 1.96 bits per heavy atom. The number of hydrogen-bond acceptors (Lipinski definition) is 3. The second-order valence-electron chi connectivity index (χ2n) is 7.05. The molecule has 26 heavy (non-hydrogen) atoms. The third-order valence-corrected chi connectivity index (χ3v) is 6.44. The molecule has 2 saturated heterocycles. The molecule has 2 aliphatic rings. The van der Waals surface area contributed by atoms with Crippen molar-refractivity contribution < 1.29 is 9.18 Å². The van der Waals surface area contributed by atoms with Crippen molar-refractivity contribution in [3.63, 3.8) is 0 Å². The van der Waals surface area contributed by atoms with Gasteiger partial charge in [-0.3, -0.25) is 9.69 Å². The molecule has 1 amide bonds. The Balaban J connectivity index is 1.36. The maximum Gasteiger partial charge on any atom is 0.244 e. The molecular weight excluding hydrogens is 347 g/mol. The van der Waals surface area contributed by atoms with Crippen molar-refractivity contribution >= 4 is 23.3 Å². The van der Waals surface area contributed by atoms with E-state index in [-0.39, 0.29) is 17.8 Å². The first-order chi connectivity index (χ1) is 12.7. The Bertz CT molecular complexity index is 799. The fourth-order valence-electron chi connectivity index (χ4n) is 4.02. The van der Waals surface area contributed by atoms with Crippen LogP contribution >= 0.6 is 11.3 Å². The molecule has 1 N–H and O–H groups in total. The predicted molar refractivity (Wildman–Crippen MR) is 105 cm³/mol. The fraction of sp³-hybridized carbons (Fsp3) is 0.381. The van der Waals surface area contributed by atoms with E-state index in [2.05, 4.69) is 10.2 Å². The zero-order valence-electron chi connectivity index (χ0n) is 14.7. The standard InChI is InChI=1S/C21H23FN2OS/c22-16-6-4-15(5-7-16)20-10-8-17(26-20)9-11-21(25)23-18-12-14-24-13-2-1-3-19(18)24/h4-11,18-19H,1-3,12-14H2,(H,23,25)/b11-9+. The molecule has 2 aliphatic heterocycles. The second kappa shape index (κ2) is 7.72. The molecule has 2 fully saturated rings. The average molecular weight is 370 g/mol. The molecule has 0 radical (unpaired) electrons.